The molecule has 2 aromatic heterocycles. The van der Waals surface area contributed by atoms with Gasteiger partial charge < -0.3 is 10.2 Å². The van der Waals surface area contributed by atoms with Gasteiger partial charge in [0.1, 0.15) is 0 Å². The van der Waals surface area contributed by atoms with Crippen LogP contribution in [0, 0.1) is 0 Å². The van der Waals surface area contributed by atoms with Crippen LogP contribution in [0.3, 0.4) is 0 Å². The molecule has 1 fully saturated rings. The first-order valence-corrected chi connectivity index (χ1v) is 7.23. The molecule has 3 heterocycles. The second-order valence-electron chi connectivity index (χ2n) is 4.55. The summed E-state index contributed by atoms with van der Waals surface area (Å²) in [5, 5.41) is 7.30. The molecule has 0 saturated carbocycles. The molecule has 98 valence electrons. The van der Waals surface area contributed by atoms with E-state index in [-0.39, 0.29) is 11.9 Å². The van der Waals surface area contributed by atoms with E-state index in [1.165, 1.54) is 5.56 Å². The maximum Gasteiger partial charge on any atom is 0.254 e. The molecule has 1 unspecified atom stereocenters. The van der Waals surface area contributed by atoms with Gasteiger partial charge in [-0.25, -0.2) is 0 Å². The first-order chi connectivity index (χ1) is 9.34. The smallest absolute Gasteiger partial charge is 0.254 e. The Morgan fingerprint density at radius 2 is 2.21 bits per heavy atom. The van der Waals surface area contributed by atoms with Crippen LogP contribution < -0.4 is 5.32 Å². The third kappa shape index (κ3) is 2.67. The van der Waals surface area contributed by atoms with E-state index in [9.17, 15) is 4.79 Å². The number of piperazine rings is 1. The minimum Gasteiger partial charge on any atom is -0.335 e. The van der Waals surface area contributed by atoms with Gasteiger partial charge in [-0.2, -0.15) is 11.3 Å². The Balaban J connectivity index is 1.73. The lowest BCUT2D eigenvalue weighted by Crippen LogP contribution is -2.48. The van der Waals surface area contributed by atoms with Crippen molar-refractivity contribution in [3.8, 4) is 0 Å². The van der Waals surface area contributed by atoms with Crippen LogP contribution in [0.5, 0.6) is 0 Å². The summed E-state index contributed by atoms with van der Waals surface area (Å²) in [7, 11) is 0. The van der Waals surface area contributed by atoms with Gasteiger partial charge in [-0.1, -0.05) is 0 Å². The lowest BCUT2D eigenvalue weighted by molar-refractivity contribution is 0.0703. The summed E-state index contributed by atoms with van der Waals surface area (Å²) in [6, 6.07) is 6.07. The predicted molar refractivity (Wildman–Crippen MR) is 75.2 cm³/mol. The maximum atomic E-state index is 12.3. The Morgan fingerprint density at radius 3 is 2.95 bits per heavy atom. The number of amides is 1. The Hall–Kier alpha value is -1.72. The first-order valence-electron chi connectivity index (χ1n) is 6.29. The van der Waals surface area contributed by atoms with E-state index in [0.717, 1.165) is 18.7 Å². The Morgan fingerprint density at radius 1 is 1.37 bits per heavy atom. The summed E-state index contributed by atoms with van der Waals surface area (Å²) in [4.78, 5) is 18.3. The zero-order valence-electron chi connectivity index (χ0n) is 10.5. The zero-order chi connectivity index (χ0) is 13.1. The van der Waals surface area contributed by atoms with Gasteiger partial charge in [0.25, 0.3) is 5.91 Å². The van der Waals surface area contributed by atoms with Crippen LogP contribution in [0.2, 0.25) is 0 Å². The van der Waals surface area contributed by atoms with Crippen molar-refractivity contribution in [3.05, 3.63) is 52.5 Å². The second-order valence-corrected chi connectivity index (χ2v) is 5.33. The number of carbonyl (C=O) groups is 1. The van der Waals surface area contributed by atoms with E-state index in [1.54, 1.807) is 23.7 Å². The van der Waals surface area contributed by atoms with E-state index in [4.69, 9.17) is 0 Å². The van der Waals surface area contributed by atoms with Crippen molar-refractivity contribution in [3.63, 3.8) is 0 Å². The number of thiophene rings is 1. The van der Waals surface area contributed by atoms with Crippen LogP contribution in [0.15, 0.2) is 41.4 Å². The molecule has 1 saturated heterocycles. The number of pyridine rings is 1. The standard InChI is InChI=1S/C14H15N3OS/c18-14(12-3-8-19-10-12)17-7-6-16-13(9-17)11-1-4-15-5-2-11/h1-5,8,10,13,16H,6-7,9H2. The topological polar surface area (TPSA) is 45.2 Å². The van der Waals surface area contributed by atoms with Crippen molar-refractivity contribution in [2.45, 2.75) is 6.04 Å². The molecule has 3 rings (SSSR count). The molecule has 1 aliphatic heterocycles. The molecule has 0 aliphatic carbocycles. The molecular formula is C14H15N3OS. The number of hydrogen-bond donors (Lipinski definition) is 1. The van der Waals surface area contributed by atoms with Gasteiger partial charge in [-0.05, 0) is 29.1 Å². The molecular weight excluding hydrogens is 258 g/mol. The highest BCUT2D eigenvalue weighted by molar-refractivity contribution is 7.08. The van der Waals surface area contributed by atoms with E-state index in [1.807, 2.05) is 33.9 Å². The monoisotopic (exact) mass is 273 g/mol. The lowest BCUT2D eigenvalue weighted by atomic mass is 10.1. The fourth-order valence-electron chi connectivity index (χ4n) is 2.32. The predicted octanol–water partition coefficient (Wildman–Crippen LogP) is 1.93. The summed E-state index contributed by atoms with van der Waals surface area (Å²) in [6.45, 7) is 2.29. The summed E-state index contributed by atoms with van der Waals surface area (Å²) in [5.41, 5.74) is 1.97. The summed E-state index contributed by atoms with van der Waals surface area (Å²) < 4.78 is 0. The van der Waals surface area contributed by atoms with Crippen molar-refractivity contribution in [2.75, 3.05) is 19.6 Å². The van der Waals surface area contributed by atoms with E-state index in [0.29, 0.717) is 6.54 Å². The van der Waals surface area contributed by atoms with Gasteiger partial charge in [-0.15, -0.1) is 0 Å². The van der Waals surface area contributed by atoms with Crippen LogP contribution in [0.4, 0.5) is 0 Å². The fourth-order valence-corrected chi connectivity index (χ4v) is 2.95. The molecule has 1 N–H and O–H groups in total. The minimum atomic E-state index is 0.127. The van der Waals surface area contributed by atoms with Gasteiger partial charge >= 0.3 is 0 Å². The molecule has 0 spiro atoms. The molecule has 0 aromatic carbocycles. The fraction of sp³-hybridized carbons (Fsp3) is 0.286. The van der Waals surface area contributed by atoms with Gasteiger partial charge in [-0.3, -0.25) is 9.78 Å². The van der Waals surface area contributed by atoms with Crippen molar-refractivity contribution in [2.24, 2.45) is 0 Å². The third-order valence-electron chi connectivity index (χ3n) is 3.34. The maximum absolute atomic E-state index is 12.3. The average molecular weight is 273 g/mol. The quantitative estimate of drug-likeness (QED) is 0.909. The first kappa shape index (κ1) is 12.3. The van der Waals surface area contributed by atoms with Gasteiger partial charge in [0.05, 0.1) is 11.6 Å². The van der Waals surface area contributed by atoms with E-state index >= 15 is 0 Å². The summed E-state index contributed by atoms with van der Waals surface area (Å²) >= 11 is 1.56. The lowest BCUT2D eigenvalue weighted by Gasteiger charge is -2.33. The molecule has 1 aliphatic rings. The Labute approximate surface area is 116 Å². The molecule has 1 atom stereocenters. The highest BCUT2D eigenvalue weighted by atomic mass is 32.1. The number of carbonyl (C=O) groups excluding carboxylic acids is 1. The Bertz CT molecular complexity index is 541. The largest absolute Gasteiger partial charge is 0.335 e. The molecule has 0 bridgehead atoms. The highest BCUT2D eigenvalue weighted by Crippen LogP contribution is 2.18. The summed E-state index contributed by atoms with van der Waals surface area (Å²) in [5.74, 6) is 0.127. The number of aromatic nitrogens is 1. The second kappa shape index (κ2) is 5.50. The number of nitrogens with one attached hydrogen (secondary N) is 1. The van der Waals surface area contributed by atoms with Crippen LogP contribution in [-0.2, 0) is 0 Å². The molecule has 19 heavy (non-hydrogen) atoms. The number of hydrogen-bond acceptors (Lipinski definition) is 4. The van der Waals surface area contributed by atoms with Crippen LogP contribution in [0.1, 0.15) is 22.0 Å². The van der Waals surface area contributed by atoms with Crippen LogP contribution >= 0.6 is 11.3 Å². The van der Waals surface area contributed by atoms with E-state index < -0.39 is 0 Å². The minimum absolute atomic E-state index is 0.127. The van der Waals surface area contributed by atoms with Gasteiger partial charge in [0, 0.05) is 37.4 Å². The molecule has 2 aromatic rings. The molecule has 0 radical (unpaired) electrons. The summed E-state index contributed by atoms with van der Waals surface area (Å²) in [6.07, 6.45) is 3.58. The van der Waals surface area contributed by atoms with Gasteiger partial charge in [0.15, 0.2) is 0 Å². The van der Waals surface area contributed by atoms with E-state index in [2.05, 4.69) is 10.3 Å². The van der Waals surface area contributed by atoms with Crippen LogP contribution in [-0.4, -0.2) is 35.4 Å². The Kier molecular flexibility index (Phi) is 3.57. The molecule has 4 nitrogen and oxygen atoms in total. The van der Waals surface area contributed by atoms with Crippen molar-refractivity contribution in [1.29, 1.82) is 0 Å². The van der Waals surface area contributed by atoms with Crippen LogP contribution in [0.25, 0.3) is 0 Å². The highest BCUT2D eigenvalue weighted by Gasteiger charge is 2.25. The molecule has 1 amide bonds. The number of nitrogens with zero attached hydrogens (tertiary/aromatic N) is 2. The zero-order valence-corrected chi connectivity index (χ0v) is 11.3. The number of rotatable bonds is 2. The SMILES string of the molecule is O=C(c1ccsc1)N1CCNC(c2ccncc2)C1. The average Bonchev–Trinajstić information content (AvgIpc) is 3.02. The molecule has 5 heteroatoms. The van der Waals surface area contributed by atoms with Gasteiger partial charge in [0.2, 0.25) is 0 Å². The van der Waals surface area contributed by atoms with Crippen molar-refractivity contribution < 1.29 is 4.79 Å². The van der Waals surface area contributed by atoms with Crippen molar-refractivity contribution in [1.82, 2.24) is 15.2 Å². The normalized spacial score (nSPS) is 19.4. The van der Waals surface area contributed by atoms with Crippen molar-refractivity contribution >= 4 is 17.2 Å². The third-order valence-corrected chi connectivity index (χ3v) is 4.02.